The number of aromatic nitrogens is 1. The molecular formula is C22H15ClFN3O4S. The maximum Gasteiger partial charge on any atom is 0.261 e. The standard InChI is InChI=1S/C22H15ClFN3O4S/c23-18-11-14(24)8-9-20(18)31-22-17(10-13-4-1-2-7-19(13)26-22)21(28)25-15-5-3-6-16(12-15)27-32(29)30/h1-12,32H,(H,25,28)(H,27,29,30). The highest BCUT2D eigenvalue weighted by Gasteiger charge is 2.18. The van der Waals surface area contributed by atoms with Gasteiger partial charge in [0.1, 0.15) is 17.1 Å². The van der Waals surface area contributed by atoms with Crippen LogP contribution in [0.15, 0.2) is 72.8 Å². The molecule has 0 fully saturated rings. The highest BCUT2D eigenvalue weighted by molar-refractivity contribution is 7.73. The first kappa shape index (κ1) is 21.5. The highest BCUT2D eigenvalue weighted by Crippen LogP contribution is 2.32. The summed E-state index contributed by atoms with van der Waals surface area (Å²) in [6, 6.07) is 18.6. The monoisotopic (exact) mass is 471 g/mol. The number of hydrogen-bond acceptors (Lipinski definition) is 5. The number of rotatable bonds is 6. The molecular weight excluding hydrogens is 457 g/mol. The van der Waals surface area contributed by atoms with Crippen LogP contribution in [0.4, 0.5) is 15.8 Å². The second-order valence-electron chi connectivity index (χ2n) is 6.61. The number of nitrogens with one attached hydrogen (secondary N) is 2. The lowest BCUT2D eigenvalue weighted by Gasteiger charge is -2.13. The number of amides is 1. The Morgan fingerprint density at radius 1 is 0.969 bits per heavy atom. The number of hydrogen-bond donors (Lipinski definition) is 3. The number of nitrogens with zero attached hydrogens (tertiary/aromatic N) is 1. The van der Waals surface area contributed by atoms with Crippen molar-refractivity contribution in [1.82, 2.24) is 4.98 Å². The van der Waals surface area contributed by atoms with Gasteiger partial charge in [0.15, 0.2) is 0 Å². The third-order valence-corrected chi connectivity index (χ3v) is 5.11. The Labute approximate surface area is 188 Å². The normalized spacial score (nSPS) is 10.8. The lowest BCUT2D eigenvalue weighted by Crippen LogP contribution is -2.14. The summed E-state index contributed by atoms with van der Waals surface area (Å²) in [4.78, 5) is 17.5. The van der Waals surface area contributed by atoms with Gasteiger partial charge in [0.2, 0.25) is 16.8 Å². The van der Waals surface area contributed by atoms with E-state index in [2.05, 4.69) is 15.0 Å². The average molecular weight is 472 g/mol. The van der Waals surface area contributed by atoms with E-state index in [1.54, 1.807) is 42.5 Å². The first-order valence-corrected chi connectivity index (χ1v) is 10.8. The second-order valence-corrected chi connectivity index (χ2v) is 7.76. The van der Waals surface area contributed by atoms with E-state index in [4.69, 9.17) is 16.3 Å². The third-order valence-electron chi connectivity index (χ3n) is 4.38. The Balaban J connectivity index is 1.71. The van der Waals surface area contributed by atoms with Gasteiger partial charge in [-0.25, -0.2) is 17.8 Å². The van der Waals surface area contributed by atoms with Gasteiger partial charge in [0, 0.05) is 11.1 Å². The zero-order chi connectivity index (χ0) is 22.7. The molecule has 0 aliphatic heterocycles. The molecule has 0 atom stereocenters. The minimum Gasteiger partial charge on any atom is -0.437 e. The molecule has 4 aromatic rings. The summed E-state index contributed by atoms with van der Waals surface area (Å²) < 4.78 is 43.2. The molecule has 0 saturated carbocycles. The smallest absolute Gasteiger partial charge is 0.261 e. The second kappa shape index (κ2) is 9.21. The van der Waals surface area contributed by atoms with Gasteiger partial charge >= 0.3 is 0 Å². The molecule has 0 saturated heterocycles. The number of carbonyl (C=O) groups is 1. The topological polar surface area (TPSA) is 97.4 Å². The Hall–Kier alpha value is -3.69. The zero-order valence-corrected chi connectivity index (χ0v) is 17.9. The fourth-order valence-electron chi connectivity index (χ4n) is 2.97. The van der Waals surface area contributed by atoms with Crippen LogP contribution in [-0.2, 0) is 10.9 Å². The van der Waals surface area contributed by atoms with Gasteiger partial charge in [-0.2, -0.15) is 0 Å². The summed E-state index contributed by atoms with van der Waals surface area (Å²) in [6.45, 7) is 0. The van der Waals surface area contributed by atoms with Crippen LogP contribution >= 0.6 is 11.6 Å². The Bertz CT molecular complexity index is 1400. The molecule has 1 aromatic heterocycles. The molecule has 2 N–H and O–H groups in total. The van der Waals surface area contributed by atoms with Gasteiger partial charge in [0.25, 0.3) is 5.91 Å². The molecule has 4 rings (SSSR count). The van der Waals surface area contributed by atoms with E-state index in [0.717, 1.165) is 6.07 Å². The Kier molecular flexibility index (Phi) is 6.20. The van der Waals surface area contributed by atoms with Crippen molar-refractivity contribution in [3.05, 3.63) is 89.2 Å². The van der Waals surface area contributed by atoms with Gasteiger partial charge in [-0.15, -0.1) is 0 Å². The van der Waals surface area contributed by atoms with Gasteiger partial charge in [-0.3, -0.25) is 9.52 Å². The number of halogens is 2. The fraction of sp³-hybridized carbons (Fsp3) is 0. The number of para-hydroxylation sites is 1. The van der Waals surface area contributed by atoms with Gasteiger partial charge in [-0.1, -0.05) is 35.9 Å². The molecule has 32 heavy (non-hydrogen) atoms. The maximum atomic E-state index is 13.4. The van der Waals surface area contributed by atoms with E-state index in [-0.39, 0.29) is 22.2 Å². The first-order valence-electron chi connectivity index (χ1n) is 9.24. The number of ether oxygens (including phenoxy) is 1. The van der Waals surface area contributed by atoms with Crippen LogP contribution in [0, 0.1) is 5.82 Å². The molecule has 10 heteroatoms. The largest absolute Gasteiger partial charge is 0.437 e. The van der Waals surface area contributed by atoms with Crippen LogP contribution in [0.25, 0.3) is 10.9 Å². The quantitative estimate of drug-likeness (QED) is 0.343. The third kappa shape index (κ3) is 4.96. The number of carbonyl (C=O) groups excluding carboxylic acids is 1. The summed E-state index contributed by atoms with van der Waals surface area (Å²) in [5.74, 6) is -0.956. The van der Waals surface area contributed by atoms with Gasteiger partial charge in [0.05, 0.1) is 16.2 Å². The number of anilines is 2. The molecule has 0 aliphatic rings. The van der Waals surface area contributed by atoms with Crippen LogP contribution in [0.3, 0.4) is 0 Å². The average Bonchev–Trinajstić information content (AvgIpc) is 2.75. The SMILES string of the molecule is O=C(Nc1cccc(N[SH](=O)=O)c1)c1cc2ccccc2nc1Oc1ccc(F)cc1Cl. The number of fused-ring (bicyclic) bond motifs is 1. The molecule has 3 aromatic carbocycles. The highest BCUT2D eigenvalue weighted by atomic mass is 35.5. The van der Waals surface area contributed by atoms with Crippen molar-refractivity contribution < 1.29 is 22.3 Å². The maximum absolute atomic E-state index is 13.4. The van der Waals surface area contributed by atoms with E-state index in [0.29, 0.717) is 22.3 Å². The van der Waals surface area contributed by atoms with Crippen molar-refractivity contribution >= 4 is 50.7 Å². The summed E-state index contributed by atoms with van der Waals surface area (Å²) in [6.07, 6.45) is 0. The van der Waals surface area contributed by atoms with Crippen molar-refractivity contribution in [2.75, 3.05) is 10.0 Å². The van der Waals surface area contributed by atoms with Crippen LogP contribution < -0.4 is 14.8 Å². The fourth-order valence-corrected chi connectivity index (χ4v) is 3.53. The molecule has 0 spiro atoms. The number of thiol groups is 1. The predicted octanol–water partition coefficient (Wildman–Crippen LogP) is 5.01. The van der Waals surface area contributed by atoms with Gasteiger partial charge < -0.3 is 10.1 Å². The van der Waals surface area contributed by atoms with Crippen LogP contribution in [0.2, 0.25) is 5.02 Å². The minimum atomic E-state index is -2.84. The van der Waals surface area contributed by atoms with Crippen molar-refractivity contribution in [1.29, 1.82) is 0 Å². The molecule has 7 nitrogen and oxygen atoms in total. The first-order chi connectivity index (χ1) is 15.4. The summed E-state index contributed by atoms with van der Waals surface area (Å²) in [5, 5.41) is 3.43. The molecule has 1 amide bonds. The molecule has 1 heterocycles. The van der Waals surface area contributed by atoms with E-state index in [9.17, 15) is 17.6 Å². The lowest BCUT2D eigenvalue weighted by atomic mass is 10.1. The van der Waals surface area contributed by atoms with Gasteiger partial charge in [-0.05, 0) is 48.5 Å². The molecule has 0 unspecified atom stereocenters. The van der Waals surface area contributed by atoms with Crippen molar-refractivity contribution in [2.24, 2.45) is 0 Å². The minimum absolute atomic E-state index is 0.0216. The number of pyridine rings is 1. The van der Waals surface area contributed by atoms with Crippen molar-refractivity contribution in [3.63, 3.8) is 0 Å². The van der Waals surface area contributed by atoms with Crippen LogP contribution in [0.1, 0.15) is 10.4 Å². The van der Waals surface area contributed by atoms with Crippen molar-refractivity contribution in [2.45, 2.75) is 0 Å². The molecule has 0 aliphatic carbocycles. The summed E-state index contributed by atoms with van der Waals surface area (Å²) in [5.41, 5.74) is 1.35. The molecule has 0 bridgehead atoms. The molecule has 0 radical (unpaired) electrons. The van der Waals surface area contributed by atoms with E-state index in [1.165, 1.54) is 18.2 Å². The van der Waals surface area contributed by atoms with E-state index < -0.39 is 22.6 Å². The van der Waals surface area contributed by atoms with E-state index in [1.807, 2.05) is 6.07 Å². The summed E-state index contributed by atoms with van der Waals surface area (Å²) in [7, 11) is -2.84. The lowest BCUT2D eigenvalue weighted by molar-refractivity contribution is 0.102. The van der Waals surface area contributed by atoms with Crippen LogP contribution in [0.5, 0.6) is 11.6 Å². The Morgan fingerprint density at radius 3 is 2.53 bits per heavy atom. The number of benzene rings is 3. The van der Waals surface area contributed by atoms with Crippen LogP contribution in [-0.4, -0.2) is 19.3 Å². The van der Waals surface area contributed by atoms with Crippen molar-refractivity contribution in [3.8, 4) is 11.6 Å². The van der Waals surface area contributed by atoms with E-state index >= 15 is 0 Å². The summed E-state index contributed by atoms with van der Waals surface area (Å²) >= 11 is 6.07. The predicted molar refractivity (Wildman–Crippen MR) is 122 cm³/mol. The molecule has 162 valence electrons. The zero-order valence-electron chi connectivity index (χ0n) is 16.2. The Morgan fingerprint density at radius 2 is 1.75 bits per heavy atom.